The Hall–Kier alpha value is -4.62. The molecule has 14 nitrogen and oxygen atoms in total. The van der Waals surface area contributed by atoms with Crippen LogP contribution in [0, 0.1) is 0 Å². The SMILES string of the molecule is COc1cccc(OC)c1C(=O)Nc1[nH]c(=O)ncc1CC(NC(=O)N1CCN(C(C)=O)CC1)C(=O)O. The number of rotatable bonds is 8. The summed E-state index contributed by atoms with van der Waals surface area (Å²) in [6.45, 7) is 2.62. The van der Waals surface area contributed by atoms with Gasteiger partial charge in [0.1, 0.15) is 28.9 Å². The molecule has 1 aliphatic heterocycles. The van der Waals surface area contributed by atoms with Gasteiger partial charge in [0, 0.05) is 51.3 Å². The highest BCUT2D eigenvalue weighted by atomic mass is 16.5. The number of nitrogens with one attached hydrogen (secondary N) is 3. The fourth-order valence-electron chi connectivity index (χ4n) is 3.82. The maximum Gasteiger partial charge on any atom is 0.346 e. The molecule has 4 amide bonds. The monoisotopic (exact) mass is 516 g/mol. The Morgan fingerprint density at radius 1 is 1.08 bits per heavy atom. The summed E-state index contributed by atoms with van der Waals surface area (Å²) in [5, 5.41) is 14.7. The van der Waals surface area contributed by atoms with E-state index in [1.807, 2.05) is 0 Å². The van der Waals surface area contributed by atoms with Gasteiger partial charge in [-0.1, -0.05) is 6.07 Å². The number of H-pyrrole nitrogens is 1. The Morgan fingerprint density at radius 3 is 2.22 bits per heavy atom. The maximum atomic E-state index is 13.1. The molecule has 1 aliphatic rings. The lowest BCUT2D eigenvalue weighted by Gasteiger charge is -2.34. The van der Waals surface area contributed by atoms with Crippen LogP contribution in [0.3, 0.4) is 0 Å². The molecule has 0 aliphatic carbocycles. The Labute approximate surface area is 211 Å². The van der Waals surface area contributed by atoms with Crippen molar-refractivity contribution in [3.63, 3.8) is 0 Å². The van der Waals surface area contributed by atoms with E-state index in [-0.39, 0.29) is 53.9 Å². The quantitative estimate of drug-likeness (QED) is 0.372. The van der Waals surface area contributed by atoms with E-state index in [9.17, 15) is 29.1 Å². The summed E-state index contributed by atoms with van der Waals surface area (Å²) in [5.74, 6) is -1.77. The molecule has 1 unspecified atom stereocenters. The number of hydrogen-bond donors (Lipinski definition) is 4. The van der Waals surface area contributed by atoms with Crippen molar-refractivity contribution in [2.75, 3.05) is 45.7 Å². The van der Waals surface area contributed by atoms with Crippen LogP contribution >= 0.6 is 0 Å². The van der Waals surface area contributed by atoms with Crippen molar-refractivity contribution >= 4 is 29.6 Å². The van der Waals surface area contributed by atoms with Gasteiger partial charge in [-0.05, 0) is 12.1 Å². The van der Waals surface area contributed by atoms with Crippen LogP contribution in [0.25, 0.3) is 0 Å². The van der Waals surface area contributed by atoms with Gasteiger partial charge in [0.25, 0.3) is 5.91 Å². The number of amides is 4. The summed E-state index contributed by atoms with van der Waals surface area (Å²) in [6, 6.07) is 2.73. The van der Waals surface area contributed by atoms with Crippen molar-refractivity contribution in [1.82, 2.24) is 25.1 Å². The summed E-state index contributed by atoms with van der Waals surface area (Å²) in [5.41, 5.74) is -0.551. The number of piperazine rings is 1. The van der Waals surface area contributed by atoms with Crippen LogP contribution < -0.4 is 25.8 Å². The van der Waals surface area contributed by atoms with Crippen molar-refractivity contribution in [1.29, 1.82) is 0 Å². The lowest BCUT2D eigenvalue weighted by molar-refractivity contribution is -0.139. The molecule has 37 heavy (non-hydrogen) atoms. The summed E-state index contributed by atoms with van der Waals surface area (Å²) in [6.07, 6.45) is 0.832. The first-order valence-corrected chi connectivity index (χ1v) is 11.3. The zero-order chi connectivity index (χ0) is 27.1. The largest absolute Gasteiger partial charge is 0.496 e. The Kier molecular flexibility index (Phi) is 8.66. The summed E-state index contributed by atoms with van der Waals surface area (Å²) < 4.78 is 10.5. The standard InChI is InChI=1S/C23H28N6O8/c1-13(30)28-7-9-29(10-8-28)23(35)25-15(21(32)33)11-14-12-24-22(34)27-19(14)26-20(31)18-16(36-2)5-4-6-17(18)37-3/h4-6,12,15H,7-11H2,1-3H3,(H,25,35)(H,32,33)(H2,24,26,27,31,34). The molecule has 1 saturated heterocycles. The van der Waals surface area contributed by atoms with E-state index in [0.29, 0.717) is 13.1 Å². The number of anilines is 1. The van der Waals surface area contributed by atoms with Gasteiger partial charge in [-0.25, -0.2) is 19.4 Å². The lowest BCUT2D eigenvalue weighted by atomic mass is 10.1. The van der Waals surface area contributed by atoms with E-state index in [1.165, 1.54) is 26.0 Å². The number of aromatic amines is 1. The smallest absolute Gasteiger partial charge is 0.346 e. The molecule has 1 atom stereocenters. The molecule has 1 fully saturated rings. The average Bonchev–Trinajstić information content (AvgIpc) is 2.88. The van der Waals surface area contributed by atoms with E-state index in [0.717, 1.165) is 6.20 Å². The molecule has 0 spiro atoms. The minimum Gasteiger partial charge on any atom is -0.496 e. The molecule has 0 radical (unpaired) electrons. The minimum atomic E-state index is -1.40. The Bertz CT molecular complexity index is 1220. The molecule has 4 N–H and O–H groups in total. The fraction of sp³-hybridized carbons (Fsp3) is 0.391. The first-order chi connectivity index (χ1) is 17.6. The van der Waals surface area contributed by atoms with Crippen LogP contribution in [0.1, 0.15) is 22.8 Å². The number of carboxylic acid groups (broad SMARTS) is 1. The van der Waals surface area contributed by atoms with E-state index in [4.69, 9.17) is 9.47 Å². The van der Waals surface area contributed by atoms with Gasteiger partial charge in [0.2, 0.25) is 5.91 Å². The normalized spacial score (nSPS) is 13.9. The summed E-state index contributed by atoms with van der Waals surface area (Å²) in [7, 11) is 2.76. The number of carbonyl (C=O) groups excluding carboxylic acids is 3. The lowest BCUT2D eigenvalue weighted by Crippen LogP contribution is -2.55. The van der Waals surface area contributed by atoms with Gasteiger partial charge >= 0.3 is 17.7 Å². The Morgan fingerprint density at radius 2 is 1.68 bits per heavy atom. The highest BCUT2D eigenvalue weighted by Crippen LogP contribution is 2.29. The predicted octanol–water partition coefficient (Wildman–Crippen LogP) is -0.0912. The second-order valence-electron chi connectivity index (χ2n) is 8.12. The molecule has 0 bridgehead atoms. The second-order valence-corrected chi connectivity index (χ2v) is 8.12. The number of carboxylic acids is 1. The van der Waals surface area contributed by atoms with E-state index >= 15 is 0 Å². The van der Waals surface area contributed by atoms with E-state index < -0.39 is 29.6 Å². The molecule has 2 aromatic rings. The van der Waals surface area contributed by atoms with Crippen LogP contribution in [0.15, 0.2) is 29.2 Å². The first kappa shape index (κ1) is 27.0. The zero-order valence-corrected chi connectivity index (χ0v) is 20.6. The zero-order valence-electron chi connectivity index (χ0n) is 20.6. The average molecular weight is 517 g/mol. The highest BCUT2D eigenvalue weighted by molar-refractivity contribution is 6.08. The van der Waals surface area contributed by atoms with Gasteiger partial charge in [-0.3, -0.25) is 14.6 Å². The first-order valence-electron chi connectivity index (χ1n) is 11.3. The molecular weight excluding hydrogens is 488 g/mol. The van der Waals surface area contributed by atoms with Crippen LogP contribution in [-0.2, 0) is 16.0 Å². The van der Waals surface area contributed by atoms with Crippen LogP contribution in [0.4, 0.5) is 10.6 Å². The van der Waals surface area contributed by atoms with Crippen LogP contribution in [-0.4, -0.2) is 95.1 Å². The van der Waals surface area contributed by atoms with Gasteiger partial charge in [0.15, 0.2) is 0 Å². The van der Waals surface area contributed by atoms with Crippen LogP contribution in [0.5, 0.6) is 11.5 Å². The third-order valence-corrected chi connectivity index (χ3v) is 5.82. The second kappa shape index (κ2) is 11.9. The number of benzene rings is 1. The van der Waals surface area contributed by atoms with Gasteiger partial charge < -0.3 is 35.0 Å². The van der Waals surface area contributed by atoms with Gasteiger partial charge in [-0.2, -0.15) is 0 Å². The summed E-state index contributed by atoms with van der Waals surface area (Å²) in [4.78, 5) is 70.2. The van der Waals surface area contributed by atoms with Crippen molar-refractivity contribution in [2.24, 2.45) is 0 Å². The molecule has 1 aromatic heterocycles. The number of carbonyl (C=O) groups is 4. The predicted molar refractivity (Wildman–Crippen MR) is 130 cm³/mol. The highest BCUT2D eigenvalue weighted by Gasteiger charge is 2.28. The van der Waals surface area contributed by atoms with E-state index in [2.05, 4.69) is 20.6 Å². The molecule has 1 aromatic carbocycles. The molecule has 0 saturated carbocycles. The number of urea groups is 1. The molecular formula is C23H28N6O8. The number of hydrogen-bond acceptors (Lipinski definition) is 8. The third-order valence-electron chi connectivity index (χ3n) is 5.82. The molecule has 14 heteroatoms. The maximum absolute atomic E-state index is 13.1. The van der Waals surface area contributed by atoms with Gasteiger partial charge in [-0.15, -0.1) is 0 Å². The topological polar surface area (TPSA) is 183 Å². The summed E-state index contributed by atoms with van der Waals surface area (Å²) >= 11 is 0. The molecule has 2 heterocycles. The van der Waals surface area contributed by atoms with Crippen molar-refractivity contribution in [3.05, 3.63) is 46.0 Å². The third kappa shape index (κ3) is 6.54. The van der Waals surface area contributed by atoms with Crippen LogP contribution in [0.2, 0.25) is 0 Å². The van der Waals surface area contributed by atoms with E-state index in [1.54, 1.807) is 23.1 Å². The molecule has 3 rings (SSSR count). The number of ether oxygens (including phenoxy) is 2. The fourth-order valence-corrected chi connectivity index (χ4v) is 3.82. The minimum absolute atomic E-state index is 0.0592. The Balaban J connectivity index is 1.79. The number of aliphatic carboxylic acids is 1. The van der Waals surface area contributed by atoms with Crippen molar-refractivity contribution in [3.8, 4) is 11.5 Å². The van der Waals surface area contributed by atoms with Crippen molar-refractivity contribution in [2.45, 2.75) is 19.4 Å². The number of aromatic nitrogens is 2. The van der Waals surface area contributed by atoms with Crippen molar-refractivity contribution < 1.29 is 33.8 Å². The molecule has 198 valence electrons. The number of nitrogens with zero attached hydrogens (tertiary/aromatic N) is 3. The number of methoxy groups -OCH3 is 2. The van der Waals surface area contributed by atoms with Gasteiger partial charge in [0.05, 0.1) is 14.2 Å².